The van der Waals surface area contributed by atoms with Gasteiger partial charge in [-0.1, -0.05) is 160 Å². The van der Waals surface area contributed by atoms with E-state index in [4.69, 9.17) is 9.47 Å². The summed E-state index contributed by atoms with van der Waals surface area (Å²) < 4.78 is 12.0. The molecule has 0 aromatic heterocycles. The molecule has 0 aliphatic heterocycles. The first-order valence-electron chi connectivity index (χ1n) is 15.8. The average molecular weight is 657 g/mol. The van der Waals surface area contributed by atoms with Gasteiger partial charge in [0, 0.05) is 15.8 Å². The number of para-hydroxylation sites is 2. The van der Waals surface area contributed by atoms with Crippen LogP contribution in [0.15, 0.2) is 152 Å². The number of hydrogen-bond acceptors (Lipinski definition) is 2. The summed E-state index contributed by atoms with van der Waals surface area (Å²) in [7, 11) is -0.414. The molecule has 0 spiro atoms. The van der Waals surface area contributed by atoms with Crippen molar-refractivity contribution in [3.8, 4) is 11.5 Å². The van der Waals surface area contributed by atoms with E-state index in [2.05, 4.69) is 172 Å². The van der Waals surface area contributed by atoms with E-state index in [-0.39, 0.29) is 5.16 Å². The van der Waals surface area contributed by atoms with Crippen LogP contribution in [-0.4, -0.2) is 27.4 Å². The highest BCUT2D eigenvalue weighted by Gasteiger charge is 2.41. The van der Waals surface area contributed by atoms with Crippen molar-refractivity contribution in [1.82, 2.24) is 0 Å². The van der Waals surface area contributed by atoms with Crippen molar-refractivity contribution in [2.45, 2.75) is 31.6 Å². The SMILES string of the molecule is COc1ccccc1P(c1ccccc1[Si](C)(C)c1ccccc1[P@](c1ccccc1)c1ccccc1OC)C1(C)C=CC=CC1. The fourth-order valence-corrected chi connectivity index (χ4v) is 17.3. The molecule has 0 radical (unpaired) electrons. The van der Waals surface area contributed by atoms with Crippen molar-refractivity contribution in [3.05, 3.63) is 152 Å². The maximum Gasteiger partial charge on any atom is 0.127 e. The lowest BCUT2D eigenvalue weighted by Gasteiger charge is -2.40. The zero-order valence-electron chi connectivity index (χ0n) is 27.4. The standard InChI is InChI=1S/C41H42O2P2Si/c1-41(30-18-7-19-31-41)45(36-25-13-11-23-34(36)43-3)38-27-15-17-29-40(38)46(4,5)39-28-16-14-26-37(39)44(32-20-8-6-9-21-32)35-24-12-10-22-33(35)42-2/h6-30H,31H2,1-5H3/t41?,44-,45?/m1/s1. The number of rotatable bonds is 10. The minimum atomic E-state index is -2.31. The molecule has 2 nitrogen and oxygen atoms in total. The van der Waals surface area contributed by atoms with Crippen LogP contribution in [0.5, 0.6) is 11.5 Å². The van der Waals surface area contributed by atoms with E-state index in [1.54, 1.807) is 14.2 Å². The maximum atomic E-state index is 6.04. The van der Waals surface area contributed by atoms with Crippen molar-refractivity contribution in [1.29, 1.82) is 0 Å². The van der Waals surface area contributed by atoms with Gasteiger partial charge in [-0.05, 0) is 60.7 Å². The van der Waals surface area contributed by atoms with Crippen LogP contribution in [0.4, 0.5) is 0 Å². The van der Waals surface area contributed by atoms with Gasteiger partial charge in [-0.2, -0.15) is 0 Å². The van der Waals surface area contributed by atoms with Gasteiger partial charge in [0.1, 0.15) is 19.6 Å². The summed E-state index contributed by atoms with van der Waals surface area (Å²) in [6, 6.07) is 46.7. The van der Waals surface area contributed by atoms with E-state index in [9.17, 15) is 0 Å². The van der Waals surface area contributed by atoms with Crippen molar-refractivity contribution >= 4 is 60.8 Å². The number of benzene rings is 5. The van der Waals surface area contributed by atoms with Crippen molar-refractivity contribution in [2.75, 3.05) is 14.2 Å². The maximum absolute atomic E-state index is 6.04. The summed E-state index contributed by atoms with van der Waals surface area (Å²) in [5, 5.41) is 9.66. The average Bonchev–Trinajstić information content (AvgIpc) is 3.10. The molecule has 2 unspecified atom stereocenters. The molecule has 5 heteroatoms. The molecule has 232 valence electrons. The summed E-state index contributed by atoms with van der Waals surface area (Å²) >= 11 is 0. The van der Waals surface area contributed by atoms with Crippen LogP contribution >= 0.6 is 15.8 Å². The van der Waals surface area contributed by atoms with Crippen LogP contribution in [0.2, 0.25) is 13.1 Å². The summed E-state index contributed by atoms with van der Waals surface area (Å²) in [6.07, 6.45) is 10.2. The summed E-state index contributed by atoms with van der Waals surface area (Å²) in [4.78, 5) is 0. The lowest BCUT2D eigenvalue weighted by molar-refractivity contribution is 0.418. The van der Waals surface area contributed by atoms with E-state index >= 15 is 0 Å². The van der Waals surface area contributed by atoms with Crippen LogP contribution in [0.3, 0.4) is 0 Å². The first kappa shape index (κ1) is 32.2. The van der Waals surface area contributed by atoms with Crippen LogP contribution in [0, 0.1) is 0 Å². The second kappa shape index (κ2) is 13.9. The van der Waals surface area contributed by atoms with E-state index in [1.165, 1.54) is 36.9 Å². The van der Waals surface area contributed by atoms with Gasteiger partial charge >= 0.3 is 0 Å². The Morgan fingerprint density at radius 1 is 0.565 bits per heavy atom. The first-order chi connectivity index (χ1) is 22.4. The molecule has 3 atom stereocenters. The third-order valence-electron chi connectivity index (χ3n) is 9.05. The minimum absolute atomic E-state index is 0.0487. The molecule has 0 bridgehead atoms. The highest BCUT2D eigenvalue weighted by atomic mass is 31.1. The van der Waals surface area contributed by atoms with E-state index in [0.29, 0.717) is 0 Å². The van der Waals surface area contributed by atoms with E-state index in [0.717, 1.165) is 17.9 Å². The van der Waals surface area contributed by atoms with Crippen molar-refractivity contribution in [3.63, 3.8) is 0 Å². The van der Waals surface area contributed by atoms with Crippen LogP contribution in [0.1, 0.15) is 13.3 Å². The summed E-state index contributed by atoms with van der Waals surface area (Å²) in [6.45, 7) is 7.51. The van der Waals surface area contributed by atoms with Gasteiger partial charge in [0.05, 0.1) is 14.2 Å². The fourth-order valence-electron chi connectivity index (χ4n) is 6.72. The van der Waals surface area contributed by atoms with Crippen LogP contribution in [0.25, 0.3) is 0 Å². The largest absolute Gasteiger partial charge is 0.496 e. The van der Waals surface area contributed by atoms with Gasteiger partial charge in [-0.3, -0.25) is 0 Å². The predicted molar refractivity (Wildman–Crippen MR) is 205 cm³/mol. The Kier molecular flexibility index (Phi) is 9.76. The topological polar surface area (TPSA) is 18.5 Å². The molecule has 0 amide bonds. The Morgan fingerprint density at radius 3 is 1.67 bits per heavy atom. The highest BCUT2D eigenvalue weighted by Crippen LogP contribution is 2.53. The van der Waals surface area contributed by atoms with E-state index < -0.39 is 23.9 Å². The third kappa shape index (κ3) is 6.17. The molecule has 0 saturated heterocycles. The molecule has 1 aliphatic rings. The zero-order chi connectivity index (χ0) is 32.1. The van der Waals surface area contributed by atoms with Gasteiger partial charge in [-0.15, -0.1) is 0 Å². The third-order valence-corrected chi connectivity index (χ3v) is 18.6. The van der Waals surface area contributed by atoms with E-state index in [1.807, 2.05) is 0 Å². The lowest BCUT2D eigenvalue weighted by Crippen LogP contribution is -2.62. The van der Waals surface area contributed by atoms with Gasteiger partial charge < -0.3 is 9.47 Å². The minimum Gasteiger partial charge on any atom is -0.496 e. The second-order valence-corrected chi connectivity index (χ2v) is 21.5. The predicted octanol–water partition coefficient (Wildman–Crippen LogP) is 6.99. The van der Waals surface area contributed by atoms with Gasteiger partial charge in [-0.25, -0.2) is 0 Å². The normalized spacial score (nSPS) is 17.3. The van der Waals surface area contributed by atoms with Crippen molar-refractivity contribution in [2.24, 2.45) is 0 Å². The molecule has 0 N–H and O–H groups in total. The molecular weight excluding hydrogens is 614 g/mol. The monoisotopic (exact) mass is 656 g/mol. The second-order valence-electron chi connectivity index (χ2n) is 12.4. The molecule has 46 heavy (non-hydrogen) atoms. The van der Waals surface area contributed by atoms with Gasteiger partial charge in [0.2, 0.25) is 0 Å². The number of methoxy groups -OCH3 is 2. The molecule has 5 aromatic rings. The van der Waals surface area contributed by atoms with Gasteiger partial charge in [0.15, 0.2) is 0 Å². The molecule has 5 aromatic carbocycles. The Balaban J connectivity index is 1.58. The Labute approximate surface area is 278 Å². The van der Waals surface area contributed by atoms with Crippen LogP contribution in [-0.2, 0) is 0 Å². The first-order valence-corrected chi connectivity index (χ1v) is 21.5. The zero-order valence-corrected chi connectivity index (χ0v) is 30.1. The summed E-state index contributed by atoms with van der Waals surface area (Å²) in [5.41, 5.74) is 0. The molecule has 1 aliphatic carbocycles. The number of ether oxygens (including phenoxy) is 2. The van der Waals surface area contributed by atoms with Crippen molar-refractivity contribution < 1.29 is 9.47 Å². The number of allylic oxidation sites excluding steroid dienone is 4. The molecule has 0 saturated carbocycles. The quantitative estimate of drug-likeness (QED) is 0.119. The molecular formula is C41H42O2P2Si. The molecule has 0 heterocycles. The van der Waals surface area contributed by atoms with Crippen LogP contribution < -0.4 is 46.4 Å². The van der Waals surface area contributed by atoms with Gasteiger partial charge in [0.25, 0.3) is 0 Å². The molecule has 6 rings (SSSR count). The smallest absolute Gasteiger partial charge is 0.127 e. The highest BCUT2D eigenvalue weighted by molar-refractivity contribution is 7.80. The Bertz CT molecular complexity index is 1870. The summed E-state index contributed by atoms with van der Waals surface area (Å²) in [5.74, 6) is 1.91. The Morgan fingerprint density at radius 2 is 1.07 bits per heavy atom. The number of hydrogen-bond donors (Lipinski definition) is 0. The lowest BCUT2D eigenvalue weighted by atomic mass is 10.0. The fraction of sp³-hybridized carbons (Fsp3) is 0.171. The Hall–Kier alpha value is -3.74. The molecule has 0 fully saturated rings.